The molecule has 1 N–H and O–H groups in total. The molecule has 0 amide bonds. The number of benzene rings is 1. The first-order chi connectivity index (χ1) is 9.38. The van der Waals surface area contributed by atoms with Gasteiger partial charge in [0.25, 0.3) is 0 Å². The third kappa shape index (κ3) is 4.92. The van der Waals surface area contributed by atoms with E-state index in [0.29, 0.717) is 6.04 Å². The van der Waals surface area contributed by atoms with Crippen molar-refractivity contribution in [3.8, 4) is 0 Å². The summed E-state index contributed by atoms with van der Waals surface area (Å²) in [5.74, 6) is 1.07. The van der Waals surface area contributed by atoms with E-state index in [2.05, 4.69) is 48.6 Å². The highest BCUT2D eigenvalue weighted by molar-refractivity contribution is 5.15. The van der Waals surface area contributed by atoms with Crippen LogP contribution in [0.1, 0.15) is 31.1 Å². The van der Waals surface area contributed by atoms with Crippen LogP contribution in [-0.2, 0) is 12.8 Å². The fraction of sp³-hybridized carbons (Fsp3) is 0.412. The number of hydrogen-bond acceptors (Lipinski definition) is 2. The van der Waals surface area contributed by atoms with Crippen LogP contribution in [0.15, 0.2) is 53.1 Å². The third-order valence-corrected chi connectivity index (χ3v) is 3.33. The van der Waals surface area contributed by atoms with Crippen LogP contribution < -0.4 is 5.32 Å². The van der Waals surface area contributed by atoms with Gasteiger partial charge in [-0.25, -0.2) is 0 Å². The summed E-state index contributed by atoms with van der Waals surface area (Å²) in [6.07, 6.45) is 6.15. The maximum atomic E-state index is 5.46. The number of hydrogen-bond donors (Lipinski definition) is 1. The molecule has 19 heavy (non-hydrogen) atoms. The molecule has 0 aliphatic rings. The van der Waals surface area contributed by atoms with Crippen LogP contribution in [0.2, 0.25) is 0 Å². The van der Waals surface area contributed by atoms with Crippen molar-refractivity contribution in [3.05, 3.63) is 60.1 Å². The minimum Gasteiger partial charge on any atom is -0.469 e. The molecule has 2 nitrogen and oxygen atoms in total. The van der Waals surface area contributed by atoms with E-state index in [4.69, 9.17) is 4.42 Å². The largest absolute Gasteiger partial charge is 0.469 e. The van der Waals surface area contributed by atoms with E-state index in [1.165, 1.54) is 12.0 Å². The van der Waals surface area contributed by atoms with Crippen LogP contribution in [0, 0.1) is 0 Å². The van der Waals surface area contributed by atoms with E-state index in [1.807, 2.05) is 6.07 Å². The average molecular weight is 257 g/mol. The van der Waals surface area contributed by atoms with Crippen molar-refractivity contribution in [2.75, 3.05) is 6.54 Å². The Hall–Kier alpha value is -1.54. The quantitative estimate of drug-likeness (QED) is 0.777. The molecule has 0 aliphatic carbocycles. The van der Waals surface area contributed by atoms with Crippen molar-refractivity contribution in [3.63, 3.8) is 0 Å². The standard InChI is InChI=1S/C17H23NO/c1-2-12-18-16(14-17-9-6-13-19-17)11-10-15-7-4-3-5-8-15/h3-9,13,16,18H,2,10-12,14H2,1H3. The van der Waals surface area contributed by atoms with Gasteiger partial charge in [-0.15, -0.1) is 0 Å². The smallest absolute Gasteiger partial charge is 0.105 e. The van der Waals surface area contributed by atoms with Crippen molar-refractivity contribution in [2.24, 2.45) is 0 Å². The Morgan fingerprint density at radius 3 is 2.63 bits per heavy atom. The van der Waals surface area contributed by atoms with Gasteiger partial charge in [-0.1, -0.05) is 37.3 Å². The molecule has 1 aromatic heterocycles. The third-order valence-electron chi connectivity index (χ3n) is 3.33. The lowest BCUT2D eigenvalue weighted by Crippen LogP contribution is -2.32. The first kappa shape index (κ1) is 13.9. The van der Waals surface area contributed by atoms with E-state index in [1.54, 1.807) is 6.26 Å². The van der Waals surface area contributed by atoms with Crippen molar-refractivity contribution in [1.29, 1.82) is 0 Å². The summed E-state index contributed by atoms with van der Waals surface area (Å²) in [6.45, 7) is 3.27. The van der Waals surface area contributed by atoms with Crippen LogP contribution in [-0.4, -0.2) is 12.6 Å². The molecule has 2 aromatic rings. The van der Waals surface area contributed by atoms with Crippen molar-refractivity contribution < 1.29 is 4.42 Å². The van der Waals surface area contributed by atoms with E-state index < -0.39 is 0 Å². The van der Waals surface area contributed by atoms with Gasteiger partial charge in [0.15, 0.2) is 0 Å². The van der Waals surface area contributed by atoms with Gasteiger partial charge in [-0.05, 0) is 43.5 Å². The van der Waals surface area contributed by atoms with Gasteiger partial charge in [-0.2, -0.15) is 0 Å². The van der Waals surface area contributed by atoms with Gasteiger partial charge >= 0.3 is 0 Å². The molecule has 0 aliphatic heterocycles. The molecule has 0 bridgehead atoms. The summed E-state index contributed by atoms with van der Waals surface area (Å²) in [7, 11) is 0. The van der Waals surface area contributed by atoms with E-state index in [-0.39, 0.29) is 0 Å². The molecule has 0 radical (unpaired) electrons. The zero-order chi connectivity index (χ0) is 13.3. The molecule has 102 valence electrons. The molecule has 0 saturated carbocycles. The fourth-order valence-corrected chi connectivity index (χ4v) is 2.28. The Balaban J connectivity index is 1.86. The van der Waals surface area contributed by atoms with Crippen LogP contribution >= 0.6 is 0 Å². The highest BCUT2D eigenvalue weighted by Gasteiger charge is 2.10. The maximum absolute atomic E-state index is 5.46. The van der Waals surface area contributed by atoms with Gasteiger partial charge in [0.2, 0.25) is 0 Å². The Bertz CT molecular complexity index is 436. The Kier molecular flexibility index (Phi) is 5.70. The van der Waals surface area contributed by atoms with Crippen LogP contribution in [0.25, 0.3) is 0 Å². The minimum absolute atomic E-state index is 0.492. The number of furan rings is 1. The molecule has 0 spiro atoms. The first-order valence-electron chi connectivity index (χ1n) is 7.18. The fourth-order valence-electron chi connectivity index (χ4n) is 2.28. The molecule has 2 heteroatoms. The van der Waals surface area contributed by atoms with E-state index in [9.17, 15) is 0 Å². The topological polar surface area (TPSA) is 25.2 Å². The van der Waals surface area contributed by atoms with E-state index in [0.717, 1.165) is 31.6 Å². The monoisotopic (exact) mass is 257 g/mol. The summed E-state index contributed by atoms with van der Waals surface area (Å²) in [5, 5.41) is 3.62. The van der Waals surface area contributed by atoms with Gasteiger partial charge in [0.1, 0.15) is 5.76 Å². The lowest BCUT2D eigenvalue weighted by molar-refractivity contribution is 0.424. The number of rotatable bonds is 8. The molecule has 0 fully saturated rings. The van der Waals surface area contributed by atoms with Crippen LogP contribution in [0.3, 0.4) is 0 Å². The maximum Gasteiger partial charge on any atom is 0.105 e. The summed E-state index contributed by atoms with van der Waals surface area (Å²) in [5.41, 5.74) is 1.41. The van der Waals surface area contributed by atoms with Gasteiger partial charge < -0.3 is 9.73 Å². The molecule has 1 unspecified atom stereocenters. The van der Waals surface area contributed by atoms with Gasteiger partial charge in [-0.3, -0.25) is 0 Å². The van der Waals surface area contributed by atoms with Gasteiger partial charge in [0, 0.05) is 12.5 Å². The second-order valence-corrected chi connectivity index (χ2v) is 4.96. The molecular formula is C17H23NO. The van der Waals surface area contributed by atoms with E-state index >= 15 is 0 Å². The zero-order valence-electron chi connectivity index (χ0n) is 11.6. The number of nitrogens with one attached hydrogen (secondary N) is 1. The predicted octanol–water partition coefficient (Wildman–Crippen LogP) is 3.82. The SMILES string of the molecule is CCCNC(CCc1ccccc1)Cc1ccco1. The summed E-state index contributed by atoms with van der Waals surface area (Å²) < 4.78 is 5.46. The second-order valence-electron chi connectivity index (χ2n) is 4.96. The zero-order valence-corrected chi connectivity index (χ0v) is 11.6. The normalized spacial score (nSPS) is 12.5. The van der Waals surface area contributed by atoms with Crippen molar-refractivity contribution >= 4 is 0 Å². The Labute approximate surface area is 115 Å². The lowest BCUT2D eigenvalue weighted by atomic mass is 10.0. The molecule has 1 heterocycles. The molecular weight excluding hydrogens is 234 g/mol. The molecule has 1 aromatic carbocycles. The van der Waals surface area contributed by atoms with Crippen molar-refractivity contribution in [2.45, 2.75) is 38.6 Å². The minimum atomic E-state index is 0.492. The summed E-state index contributed by atoms with van der Waals surface area (Å²) >= 11 is 0. The van der Waals surface area contributed by atoms with Gasteiger partial charge in [0.05, 0.1) is 6.26 Å². The molecule has 1 atom stereocenters. The highest BCUT2D eigenvalue weighted by atomic mass is 16.3. The van der Waals surface area contributed by atoms with Crippen molar-refractivity contribution in [1.82, 2.24) is 5.32 Å². The number of aryl methyl sites for hydroxylation is 1. The summed E-state index contributed by atoms with van der Waals surface area (Å²) in [4.78, 5) is 0. The highest BCUT2D eigenvalue weighted by Crippen LogP contribution is 2.10. The van der Waals surface area contributed by atoms with Crippen LogP contribution in [0.5, 0.6) is 0 Å². The van der Waals surface area contributed by atoms with Crippen LogP contribution in [0.4, 0.5) is 0 Å². The molecule has 2 rings (SSSR count). The Morgan fingerprint density at radius 1 is 1.11 bits per heavy atom. The Morgan fingerprint density at radius 2 is 1.95 bits per heavy atom. The molecule has 0 saturated heterocycles. The first-order valence-corrected chi connectivity index (χ1v) is 7.18. The average Bonchev–Trinajstić information content (AvgIpc) is 2.96. The summed E-state index contributed by atoms with van der Waals surface area (Å²) in [6, 6.07) is 15.2. The predicted molar refractivity (Wildman–Crippen MR) is 79.3 cm³/mol. The lowest BCUT2D eigenvalue weighted by Gasteiger charge is -2.17. The second kappa shape index (κ2) is 7.80.